The van der Waals surface area contributed by atoms with Gasteiger partial charge in [-0.3, -0.25) is 19.8 Å². The Morgan fingerprint density at radius 3 is 2.54 bits per heavy atom. The molecule has 2 amide bonds. The van der Waals surface area contributed by atoms with Gasteiger partial charge >= 0.3 is 0 Å². The van der Waals surface area contributed by atoms with Crippen LogP contribution in [0.1, 0.15) is 11.1 Å². The zero-order valence-corrected chi connectivity index (χ0v) is 16.8. The Morgan fingerprint density at radius 1 is 1.21 bits per heavy atom. The molecule has 1 fully saturated rings. The third-order valence-electron chi connectivity index (χ3n) is 3.91. The minimum Gasteiger partial charge on any atom is -0.486 e. The molecule has 1 aliphatic heterocycles. The van der Waals surface area contributed by atoms with E-state index in [2.05, 4.69) is 5.32 Å². The molecule has 1 heterocycles. The zero-order valence-electron chi connectivity index (χ0n) is 14.5. The predicted molar refractivity (Wildman–Crippen MR) is 109 cm³/mol. The molecule has 3 rings (SSSR count). The van der Waals surface area contributed by atoms with E-state index < -0.39 is 11.8 Å². The number of amides is 2. The Labute approximate surface area is 175 Å². The van der Waals surface area contributed by atoms with E-state index in [1.807, 2.05) is 0 Å². The van der Waals surface area contributed by atoms with Gasteiger partial charge < -0.3 is 4.74 Å². The van der Waals surface area contributed by atoms with Crippen molar-refractivity contribution in [2.75, 3.05) is 7.05 Å². The van der Waals surface area contributed by atoms with Gasteiger partial charge in [-0.05, 0) is 53.7 Å². The highest BCUT2D eigenvalue weighted by atomic mass is 35.5. The number of halogens is 3. The topological polar surface area (TPSA) is 58.6 Å². The molecule has 1 aliphatic rings. The molecule has 0 aliphatic carbocycles. The molecule has 0 radical (unpaired) electrons. The van der Waals surface area contributed by atoms with Gasteiger partial charge in [0.15, 0.2) is 10.9 Å². The summed E-state index contributed by atoms with van der Waals surface area (Å²) < 4.78 is 18.9. The highest BCUT2D eigenvalue weighted by Crippen LogP contribution is 2.35. The molecule has 0 bridgehead atoms. The summed E-state index contributed by atoms with van der Waals surface area (Å²) in [6, 6.07) is 8.97. The van der Waals surface area contributed by atoms with Crippen molar-refractivity contribution in [3.8, 4) is 5.75 Å². The number of thiocarbonyl (C=S) groups is 1. The standard InChI is InChI=1S/C19H13Cl2FN2O3S/c1-24-18(26)13(17(25)23-19(24)28)6-11-7-14(20)16(15(21)8-11)27-9-10-3-2-4-12(22)5-10/h2-8H,9H2,1H3,(H,23,25,28)/b13-6+. The van der Waals surface area contributed by atoms with Crippen LogP contribution in [0.5, 0.6) is 5.75 Å². The highest BCUT2D eigenvalue weighted by Gasteiger charge is 2.30. The van der Waals surface area contributed by atoms with Crippen LogP contribution in [-0.2, 0) is 16.2 Å². The van der Waals surface area contributed by atoms with Crippen LogP contribution in [0.25, 0.3) is 6.08 Å². The fraction of sp³-hybridized carbons (Fsp3) is 0.105. The maximum absolute atomic E-state index is 13.3. The molecule has 0 saturated carbocycles. The van der Waals surface area contributed by atoms with Gasteiger partial charge in [-0.1, -0.05) is 35.3 Å². The number of rotatable bonds is 4. The van der Waals surface area contributed by atoms with Crippen LogP contribution in [0, 0.1) is 5.82 Å². The molecule has 0 atom stereocenters. The van der Waals surface area contributed by atoms with E-state index in [1.54, 1.807) is 12.1 Å². The fourth-order valence-electron chi connectivity index (χ4n) is 2.50. The van der Waals surface area contributed by atoms with E-state index in [-0.39, 0.29) is 38.9 Å². The molecular weight excluding hydrogens is 426 g/mol. The van der Waals surface area contributed by atoms with Crippen LogP contribution >= 0.6 is 35.4 Å². The van der Waals surface area contributed by atoms with Crippen molar-refractivity contribution in [2.24, 2.45) is 0 Å². The molecule has 144 valence electrons. The number of nitrogens with zero attached hydrogens (tertiary/aromatic N) is 1. The Kier molecular flexibility index (Phi) is 5.98. The number of hydrogen-bond donors (Lipinski definition) is 1. The third kappa shape index (κ3) is 4.32. The second-order valence-electron chi connectivity index (χ2n) is 5.91. The summed E-state index contributed by atoms with van der Waals surface area (Å²) in [6.45, 7) is 0.0702. The minimum absolute atomic E-state index is 0.0318. The first-order valence-corrected chi connectivity index (χ1v) is 9.14. The molecular formula is C19H13Cl2FN2O3S. The quantitative estimate of drug-likeness (QED) is 0.445. The number of likely N-dealkylation sites (N-methyl/N-ethyl adjacent to an activating group) is 1. The first-order chi connectivity index (χ1) is 13.3. The molecule has 0 unspecified atom stereocenters. The Morgan fingerprint density at radius 2 is 1.89 bits per heavy atom. The van der Waals surface area contributed by atoms with Crippen molar-refractivity contribution in [1.29, 1.82) is 0 Å². The van der Waals surface area contributed by atoms with Gasteiger partial charge in [-0.25, -0.2) is 4.39 Å². The van der Waals surface area contributed by atoms with Crippen molar-refractivity contribution in [1.82, 2.24) is 10.2 Å². The zero-order chi connectivity index (χ0) is 20.4. The van der Waals surface area contributed by atoms with Crippen molar-refractivity contribution < 1.29 is 18.7 Å². The van der Waals surface area contributed by atoms with Crippen molar-refractivity contribution in [3.05, 3.63) is 69.0 Å². The number of ether oxygens (including phenoxy) is 1. The minimum atomic E-state index is -0.605. The van der Waals surface area contributed by atoms with E-state index >= 15 is 0 Å². The number of nitrogens with one attached hydrogen (secondary N) is 1. The molecule has 1 N–H and O–H groups in total. The highest BCUT2D eigenvalue weighted by molar-refractivity contribution is 7.80. The smallest absolute Gasteiger partial charge is 0.265 e. The van der Waals surface area contributed by atoms with Crippen LogP contribution < -0.4 is 10.1 Å². The maximum Gasteiger partial charge on any atom is 0.265 e. The van der Waals surface area contributed by atoms with E-state index in [1.165, 1.54) is 37.4 Å². The first kappa shape index (κ1) is 20.3. The summed E-state index contributed by atoms with van der Waals surface area (Å²) in [5, 5.41) is 2.82. The summed E-state index contributed by atoms with van der Waals surface area (Å²) in [4.78, 5) is 25.5. The Balaban J connectivity index is 1.84. The SMILES string of the molecule is CN1C(=O)/C(=C/c2cc(Cl)c(OCc3cccc(F)c3)c(Cl)c2)C(=O)NC1=S. The lowest BCUT2D eigenvalue weighted by Crippen LogP contribution is -2.52. The van der Waals surface area contributed by atoms with Crippen molar-refractivity contribution in [3.63, 3.8) is 0 Å². The van der Waals surface area contributed by atoms with Gasteiger partial charge in [0.05, 0.1) is 10.0 Å². The molecule has 1 saturated heterocycles. The van der Waals surface area contributed by atoms with Crippen LogP contribution in [0.15, 0.2) is 42.0 Å². The summed E-state index contributed by atoms with van der Waals surface area (Å²) >= 11 is 17.4. The molecule has 9 heteroatoms. The largest absolute Gasteiger partial charge is 0.486 e. The molecule has 0 spiro atoms. The molecule has 0 aromatic heterocycles. The predicted octanol–water partition coefficient (Wildman–Crippen LogP) is 3.97. The molecule has 28 heavy (non-hydrogen) atoms. The van der Waals surface area contributed by atoms with E-state index in [0.29, 0.717) is 11.1 Å². The van der Waals surface area contributed by atoms with Crippen molar-refractivity contribution in [2.45, 2.75) is 6.61 Å². The summed E-state index contributed by atoms with van der Waals surface area (Å²) in [6.07, 6.45) is 1.37. The average molecular weight is 439 g/mol. The van der Waals surface area contributed by atoms with Gasteiger partial charge in [-0.15, -0.1) is 0 Å². The summed E-state index contributed by atoms with van der Waals surface area (Å²) in [5.41, 5.74) is 0.950. The number of benzene rings is 2. The monoisotopic (exact) mass is 438 g/mol. The molecule has 5 nitrogen and oxygen atoms in total. The number of carbonyl (C=O) groups is 2. The van der Waals surface area contributed by atoms with Gasteiger partial charge in [0.25, 0.3) is 11.8 Å². The second kappa shape index (κ2) is 8.26. The van der Waals surface area contributed by atoms with E-state index in [4.69, 9.17) is 40.2 Å². The fourth-order valence-corrected chi connectivity index (χ4v) is 3.28. The van der Waals surface area contributed by atoms with E-state index in [9.17, 15) is 14.0 Å². The Bertz CT molecular complexity index is 1000. The van der Waals surface area contributed by atoms with Crippen LogP contribution in [0.3, 0.4) is 0 Å². The number of hydrogen-bond acceptors (Lipinski definition) is 4. The second-order valence-corrected chi connectivity index (χ2v) is 7.11. The third-order valence-corrected chi connectivity index (χ3v) is 4.85. The lowest BCUT2D eigenvalue weighted by atomic mass is 10.1. The Hall–Kier alpha value is -2.48. The molecule has 2 aromatic rings. The van der Waals surface area contributed by atoms with Crippen LogP contribution in [0.4, 0.5) is 4.39 Å². The van der Waals surface area contributed by atoms with Crippen molar-refractivity contribution >= 4 is 58.4 Å². The molecule has 2 aromatic carbocycles. The van der Waals surface area contributed by atoms with Gasteiger partial charge in [-0.2, -0.15) is 0 Å². The van der Waals surface area contributed by atoms with Crippen LogP contribution in [0.2, 0.25) is 10.0 Å². The van der Waals surface area contributed by atoms with E-state index in [0.717, 1.165) is 4.90 Å². The first-order valence-electron chi connectivity index (χ1n) is 7.97. The average Bonchev–Trinajstić information content (AvgIpc) is 2.63. The van der Waals surface area contributed by atoms with Gasteiger partial charge in [0, 0.05) is 7.05 Å². The van der Waals surface area contributed by atoms with Gasteiger partial charge in [0.2, 0.25) is 0 Å². The summed E-state index contributed by atoms with van der Waals surface area (Å²) in [5.74, 6) is -1.30. The summed E-state index contributed by atoms with van der Waals surface area (Å²) in [7, 11) is 1.46. The maximum atomic E-state index is 13.3. The lowest BCUT2D eigenvalue weighted by molar-refractivity contribution is -0.128. The normalized spacial score (nSPS) is 15.8. The van der Waals surface area contributed by atoms with Crippen LogP contribution in [-0.4, -0.2) is 28.9 Å². The van der Waals surface area contributed by atoms with Gasteiger partial charge in [0.1, 0.15) is 18.0 Å². The number of carbonyl (C=O) groups excluding carboxylic acids is 2. The lowest BCUT2D eigenvalue weighted by Gasteiger charge is -2.25.